The number of halogens is 2. The van der Waals surface area contributed by atoms with Crippen molar-refractivity contribution in [3.8, 4) is 0 Å². The lowest BCUT2D eigenvalue weighted by Crippen LogP contribution is -2.12. The molecule has 0 saturated carbocycles. The topological polar surface area (TPSA) is 24.9 Å². The van der Waals surface area contributed by atoms with Crippen LogP contribution >= 0.6 is 12.2 Å². The summed E-state index contributed by atoms with van der Waals surface area (Å²) in [5, 5.41) is 2.79. The number of hydrogen-bond donors (Lipinski definition) is 1. The van der Waals surface area contributed by atoms with Crippen molar-refractivity contribution in [3.63, 3.8) is 0 Å². The molecule has 0 aliphatic rings. The van der Waals surface area contributed by atoms with Crippen LogP contribution in [0.1, 0.15) is 5.69 Å². The number of anilines is 1. The lowest BCUT2D eigenvalue weighted by atomic mass is 10.3. The largest absolute Gasteiger partial charge is 0.345 e. The molecule has 0 aliphatic carbocycles. The molecule has 1 aromatic heterocycles. The first-order valence-electron chi connectivity index (χ1n) is 4.84. The van der Waals surface area contributed by atoms with Gasteiger partial charge in [-0.15, -0.1) is 0 Å². The second kappa shape index (κ2) is 4.97. The van der Waals surface area contributed by atoms with Crippen molar-refractivity contribution in [3.05, 3.63) is 59.9 Å². The fourth-order valence-corrected chi connectivity index (χ4v) is 1.50. The Morgan fingerprint density at radius 1 is 1.12 bits per heavy atom. The van der Waals surface area contributed by atoms with Crippen LogP contribution in [-0.4, -0.2) is 9.97 Å². The summed E-state index contributed by atoms with van der Waals surface area (Å²) in [4.78, 5) is 4.40. The van der Waals surface area contributed by atoms with Gasteiger partial charge in [0.05, 0.1) is 5.69 Å². The highest BCUT2D eigenvalue weighted by atomic mass is 32.1. The Balaban J connectivity index is 2.16. The van der Waals surface area contributed by atoms with Crippen molar-refractivity contribution in [2.24, 2.45) is 0 Å². The van der Waals surface area contributed by atoms with Gasteiger partial charge in [-0.1, -0.05) is 18.3 Å². The molecule has 86 valence electrons. The van der Waals surface area contributed by atoms with E-state index in [1.165, 1.54) is 6.07 Å². The molecule has 0 atom stereocenters. The van der Waals surface area contributed by atoms with Crippen molar-refractivity contribution < 1.29 is 8.78 Å². The van der Waals surface area contributed by atoms with Gasteiger partial charge in [-0.25, -0.2) is 8.78 Å². The quantitative estimate of drug-likeness (QED) is 0.829. The van der Waals surface area contributed by atoms with E-state index < -0.39 is 11.6 Å². The van der Waals surface area contributed by atoms with Crippen molar-refractivity contribution in [1.29, 1.82) is 0 Å². The van der Waals surface area contributed by atoms with E-state index in [-0.39, 0.29) is 0 Å². The highest BCUT2D eigenvalue weighted by molar-refractivity contribution is 7.81. The molecule has 5 heteroatoms. The summed E-state index contributed by atoms with van der Waals surface area (Å²) in [7, 11) is 0. The Morgan fingerprint density at radius 3 is 2.59 bits per heavy atom. The Kier molecular flexibility index (Phi) is 3.39. The molecule has 1 N–H and O–H groups in total. The summed E-state index contributed by atoms with van der Waals surface area (Å²) < 4.78 is 25.7. The molecule has 0 bridgehead atoms. The predicted octanol–water partition coefficient (Wildman–Crippen LogP) is 3.15. The van der Waals surface area contributed by atoms with Crippen molar-refractivity contribution in [1.82, 2.24) is 4.98 Å². The Morgan fingerprint density at radius 2 is 1.94 bits per heavy atom. The molecule has 0 aliphatic heterocycles. The summed E-state index contributed by atoms with van der Waals surface area (Å²) in [6.07, 6.45) is 1.61. The van der Waals surface area contributed by atoms with Gasteiger partial charge in [0.1, 0.15) is 4.99 Å². The summed E-state index contributed by atoms with van der Waals surface area (Å²) in [5.74, 6) is -1.81. The average Bonchev–Trinajstić information content (AvgIpc) is 2.35. The zero-order valence-electron chi connectivity index (χ0n) is 8.65. The minimum Gasteiger partial charge on any atom is -0.345 e. The number of nitrogens with zero attached hydrogens (tertiary/aromatic N) is 1. The molecule has 0 spiro atoms. The zero-order chi connectivity index (χ0) is 12.3. The van der Waals surface area contributed by atoms with Gasteiger partial charge in [-0.05, 0) is 24.3 Å². The molecule has 0 unspecified atom stereocenters. The Bertz CT molecular complexity index is 543. The highest BCUT2D eigenvalue weighted by Gasteiger charge is 2.05. The molecule has 1 heterocycles. The fraction of sp³-hybridized carbons (Fsp3) is 0. The van der Waals surface area contributed by atoms with E-state index in [2.05, 4.69) is 10.3 Å². The number of rotatable bonds is 2. The van der Waals surface area contributed by atoms with Crippen LogP contribution in [0, 0.1) is 11.6 Å². The minimum absolute atomic E-state index is 0.358. The van der Waals surface area contributed by atoms with Gasteiger partial charge in [0.15, 0.2) is 11.6 Å². The van der Waals surface area contributed by atoms with E-state index in [1.807, 2.05) is 0 Å². The Hall–Kier alpha value is -1.88. The number of thiocarbonyl (C=S) groups is 1. The summed E-state index contributed by atoms with van der Waals surface area (Å²) in [6, 6.07) is 8.79. The van der Waals surface area contributed by atoms with Crippen LogP contribution in [0.25, 0.3) is 0 Å². The van der Waals surface area contributed by atoms with Crippen LogP contribution in [0.5, 0.6) is 0 Å². The van der Waals surface area contributed by atoms with Crippen LogP contribution in [0.15, 0.2) is 42.6 Å². The van der Waals surface area contributed by atoms with Crippen LogP contribution in [0.3, 0.4) is 0 Å². The maximum absolute atomic E-state index is 13.0. The smallest absolute Gasteiger partial charge is 0.160 e. The summed E-state index contributed by atoms with van der Waals surface area (Å²) in [5.41, 5.74) is 0.965. The Labute approximate surface area is 102 Å². The van der Waals surface area contributed by atoms with Crippen LogP contribution in [0.2, 0.25) is 0 Å². The van der Waals surface area contributed by atoms with Gasteiger partial charge < -0.3 is 5.32 Å². The number of nitrogens with one attached hydrogen (secondary N) is 1. The second-order valence-electron chi connectivity index (χ2n) is 3.30. The first kappa shape index (κ1) is 11.6. The molecule has 0 radical (unpaired) electrons. The van der Waals surface area contributed by atoms with Crippen molar-refractivity contribution in [2.75, 3.05) is 5.32 Å². The third kappa shape index (κ3) is 2.82. The van der Waals surface area contributed by atoms with Crippen molar-refractivity contribution in [2.45, 2.75) is 0 Å². The minimum atomic E-state index is -0.918. The monoisotopic (exact) mass is 250 g/mol. The second-order valence-corrected chi connectivity index (χ2v) is 3.71. The standard InChI is InChI=1S/C12H8F2N2S/c13-9-5-4-8(7-10(9)14)16-12(17)11-3-1-2-6-15-11/h1-7H,(H,16,17). The summed E-state index contributed by atoms with van der Waals surface area (Å²) >= 11 is 5.09. The number of benzene rings is 1. The average molecular weight is 250 g/mol. The third-order valence-corrected chi connectivity index (χ3v) is 2.39. The molecular formula is C12H8F2N2S. The predicted molar refractivity (Wildman–Crippen MR) is 65.9 cm³/mol. The number of hydrogen-bond acceptors (Lipinski definition) is 2. The van der Waals surface area contributed by atoms with Crippen LogP contribution < -0.4 is 5.32 Å². The van der Waals surface area contributed by atoms with Gasteiger partial charge in [-0.2, -0.15) is 0 Å². The molecular weight excluding hydrogens is 242 g/mol. The van der Waals surface area contributed by atoms with E-state index in [4.69, 9.17) is 12.2 Å². The first-order chi connectivity index (χ1) is 8.16. The van der Waals surface area contributed by atoms with Crippen LogP contribution in [0.4, 0.5) is 14.5 Å². The van der Waals surface area contributed by atoms with E-state index in [1.54, 1.807) is 24.4 Å². The normalized spacial score (nSPS) is 10.0. The fourth-order valence-electron chi connectivity index (χ4n) is 1.27. The van der Waals surface area contributed by atoms with Crippen molar-refractivity contribution >= 4 is 22.9 Å². The molecule has 0 fully saturated rings. The van der Waals surface area contributed by atoms with E-state index in [0.29, 0.717) is 16.4 Å². The van der Waals surface area contributed by atoms with Gasteiger partial charge in [0.2, 0.25) is 0 Å². The maximum atomic E-state index is 13.0. The number of aromatic nitrogens is 1. The maximum Gasteiger partial charge on any atom is 0.160 e. The molecule has 2 aromatic rings. The van der Waals surface area contributed by atoms with E-state index in [9.17, 15) is 8.78 Å². The summed E-state index contributed by atoms with van der Waals surface area (Å²) in [6.45, 7) is 0. The SMILES string of the molecule is Fc1ccc(NC(=S)c2ccccn2)cc1F. The van der Waals surface area contributed by atoms with E-state index in [0.717, 1.165) is 12.1 Å². The molecule has 17 heavy (non-hydrogen) atoms. The highest BCUT2D eigenvalue weighted by Crippen LogP contribution is 2.14. The third-order valence-electron chi connectivity index (χ3n) is 2.08. The zero-order valence-corrected chi connectivity index (χ0v) is 9.47. The van der Waals surface area contributed by atoms with Gasteiger partial charge in [0, 0.05) is 18.0 Å². The molecule has 0 saturated heterocycles. The molecule has 0 amide bonds. The first-order valence-corrected chi connectivity index (χ1v) is 5.25. The van der Waals surface area contributed by atoms with Gasteiger partial charge in [0.25, 0.3) is 0 Å². The van der Waals surface area contributed by atoms with Gasteiger partial charge >= 0.3 is 0 Å². The van der Waals surface area contributed by atoms with Crippen LogP contribution in [-0.2, 0) is 0 Å². The lowest BCUT2D eigenvalue weighted by molar-refractivity contribution is 0.509. The molecule has 2 rings (SSSR count). The lowest BCUT2D eigenvalue weighted by Gasteiger charge is -2.07. The molecule has 1 aromatic carbocycles. The number of pyridine rings is 1. The molecule has 2 nitrogen and oxygen atoms in total. The van der Waals surface area contributed by atoms with E-state index >= 15 is 0 Å². The van der Waals surface area contributed by atoms with Gasteiger partial charge in [-0.3, -0.25) is 4.98 Å².